The number of β-lactam (4-membered cyclic amide) rings is 1. The van der Waals surface area contributed by atoms with Crippen molar-refractivity contribution in [3.8, 4) is 0 Å². The molecule has 0 saturated carbocycles. The molecule has 4 aromatic rings. The molecule has 3 atom stereocenters. The first-order valence-corrected chi connectivity index (χ1v) is 19.8. The van der Waals surface area contributed by atoms with Gasteiger partial charge in [0.05, 0.1) is 6.04 Å². The first kappa shape index (κ1) is 38.5. The normalized spacial score (nSPS) is 20.4. The number of carboxylic acid groups (broad SMARTS) is 2. The number of hydrogen-bond donors (Lipinski definition) is 6. The van der Waals surface area contributed by atoms with Crippen LogP contribution in [-0.4, -0.2) is 102 Å². The van der Waals surface area contributed by atoms with Crippen LogP contribution in [0.2, 0.25) is 0 Å². The molecule has 1 unspecified atom stereocenters. The van der Waals surface area contributed by atoms with Crippen LogP contribution in [0.3, 0.4) is 0 Å². The van der Waals surface area contributed by atoms with Crippen LogP contribution < -0.4 is 26.7 Å². The molecule has 0 aliphatic carbocycles. The number of thiazole rings is 1. The summed E-state index contributed by atoms with van der Waals surface area (Å²) >= 11 is 2.35. The molecule has 3 aliphatic heterocycles. The highest BCUT2D eigenvalue weighted by atomic mass is 32.2. The van der Waals surface area contributed by atoms with Crippen molar-refractivity contribution in [3.63, 3.8) is 0 Å². The number of aliphatic imine (C=N–C) groups is 1. The van der Waals surface area contributed by atoms with E-state index in [2.05, 4.69) is 25.3 Å². The summed E-state index contributed by atoms with van der Waals surface area (Å²) in [5, 5.41) is 30.4. The first-order chi connectivity index (χ1) is 26.8. The number of amidine groups is 1. The van der Waals surface area contributed by atoms with Crippen LogP contribution in [0.1, 0.15) is 43.5 Å². The number of aromatic nitrogens is 3. The Bertz CT molecular complexity index is 2290. The zero-order chi connectivity index (χ0) is 39.7. The first-order valence-electron chi connectivity index (χ1n) is 17.8. The van der Waals surface area contributed by atoms with E-state index in [-0.39, 0.29) is 40.6 Å². The molecule has 8 N–H and O–H groups in total. The number of carboxylic acids is 2. The molecule has 56 heavy (non-hydrogen) atoms. The molecule has 0 bridgehead atoms. The van der Waals surface area contributed by atoms with Crippen molar-refractivity contribution < 1.29 is 38.8 Å². The van der Waals surface area contributed by atoms with Crippen LogP contribution in [0.15, 0.2) is 81.7 Å². The monoisotopic (exact) mass is 801 g/mol. The maximum Gasteiger partial charge on any atom is 0.352 e. The van der Waals surface area contributed by atoms with E-state index in [1.165, 1.54) is 35.9 Å². The Balaban J connectivity index is 1.06. The Morgan fingerprint density at radius 1 is 1.18 bits per heavy atom. The van der Waals surface area contributed by atoms with Gasteiger partial charge in [-0.15, -0.1) is 23.1 Å². The number of oxime groups is 1. The van der Waals surface area contributed by atoms with E-state index < -0.39 is 40.8 Å². The number of anilines is 1. The van der Waals surface area contributed by atoms with E-state index in [0.717, 1.165) is 59.4 Å². The van der Waals surface area contributed by atoms with Gasteiger partial charge in [0.2, 0.25) is 11.1 Å². The summed E-state index contributed by atoms with van der Waals surface area (Å²) < 4.78 is 4.07. The number of hydrogen-bond acceptors (Lipinski definition) is 12. The van der Waals surface area contributed by atoms with E-state index in [4.69, 9.17) is 21.3 Å². The largest absolute Gasteiger partial charge is 0.478 e. The zero-order valence-corrected chi connectivity index (χ0v) is 32.2. The summed E-state index contributed by atoms with van der Waals surface area (Å²) in [6.07, 6.45) is 5.96. The van der Waals surface area contributed by atoms with Crippen molar-refractivity contribution in [2.45, 2.75) is 62.8 Å². The smallest absolute Gasteiger partial charge is 0.352 e. The molecule has 0 spiro atoms. The standard InChI is InChI=1S/C37H40N10O7S2/c1-37(2,35(52)53)54-44-27(24-19-56-36(39)42-24)31(48)43-28-32(49)47-29(34(50)51)22(18-55-33(28)47)17-45-13-4-6-25-26(45)11-14-46(25)16-20-7-9-21(10-8-20)30(38)41-23-5-3-12-40-15-23/h4,6-11,13-14,19,23,28,33,40H,3,5,12,15-18H2,1-2H3,(H6-,38,39,41,42,43,48,50,51,52,53)/p+1/b44-27-/t23?,28-,33-/m1/s1. The molecule has 17 nitrogen and oxygen atoms in total. The Labute approximate surface area is 329 Å². The lowest BCUT2D eigenvalue weighted by Crippen LogP contribution is -2.71. The van der Waals surface area contributed by atoms with Crippen molar-refractivity contribution in [3.05, 3.63) is 88.3 Å². The molecule has 19 heteroatoms. The molecule has 6 heterocycles. The average molecular weight is 802 g/mol. The third-order valence-corrected chi connectivity index (χ3v) is 11.8. The van der Waals surface area contributed by atoms with Gasteiger partial charge in [-0.1, -0.05) is 29.4 Å². The zero-order valence-electron chi connectivity index (χ0n) is 30.5. The quantitative estimate of drug-likeness (QED) is 0.0371. The highest BCUT2D eigenvalue weighted by Gasteiger charge is 2.55. The number of nitrogen functional groups attached to an aromatic ring is 1. The molecule has 2 saturated heterocycles. The Hall–Kier alpha value is -5.79. The number of benzene rings is 1. The van der Waals surface area contributed by atoms with Crippen LogP contribution in [0, 0.1) is 0 Å². The second-order valence-corrected chi connectivity index (χ2v) is 16.1. The van der Waals surface area contributed by atoms with Crippen LogP contribution in [0.25, 0.3) is 11.0 Å². The van der Waals surface area contributed by atoms with E-state index in [9.17, 15) is 29.4 Å². The van der Waals surface area contributed by atoms with Gasteiger partial charge in [0.15, 0.2) is 23.6 Å². The van der Waals surface area contributed by atoms with Gasteiger partial charge in [-0.05, 0) is 44.9 Å². The lowest BCUT2D eigenvalue weighted by Gasteiger charge is -2.49. The fraction of sp³-hybridized carbons (Fsp3) is 0.351. The third kappa shape index (κ3) is 7.82. The molecule has 1 aromatic carbocycles. The van der Waals surface area contributed by atoms with Gasteiger partial charge in [-0.25, -0.2) is 14.6 Å². The maximum atomic E-state index is 13.5. The molecule has 292 valence electrons. The van der Waals surface area contributed by atoms with Gasteiger partial charge in [0, 0.05) is 53.7 Å². The Morgan fingerprint density at radius 2 is 1.96 bits per heavy atom. The second-order valence-electron chi connectivity index (χ2n) is 14.1. The van der Waals surface area contributed by atoms with Gasteiger partial charge in [-0.3, -0.25) is 19.5 Å². The fourth-order valence-electron chi connectivity index (χ4n) is 6.70. The number of rotatable bonds is 13. The van der Waals surface area contributed by atoms with Gasteiger partial charge < -0.3 is 41.7 Å². The number of piperidine rings is 1. The summed E-state index contributed by atoms with van der Waals surface area (Å²) in [4.78, 5) is 66.4. The number of fused-ring (bicyclic) bond motifs is 2. The molecule has 3 aromatic heterocycles. The van der Waals surface area contributed by atoms with Gasteiger partial charge >= 0.3 is 11.9 Å². The number of pyridine rings is 1. The lowest BCUT2D eigenvalue weighted by atomic mass is 10.0. The maximum absolute atomic E-state index is 13.5. The minimum absolute atomic E-state index is 0.0239. The fourth-order valence-corrected chi connectivity index (χ4v) is 8.59. The van der Waals surface area contributed by atoms with Crippen molar-refractivity contribution in [1.29, 1.82) is 0 Å². The predicted octanol–water partition coefficient (Wildman–Crippen LogP) is 1.50. The van der Waals surface area contributed by atoms with Gasteiger partial charge in [-0.2, -0.15) is 4.57 Å². The molecule has 2 fully saturated rings. The molecular formula is C37H41N10O7S2+. The third-order valence-electron chi connectivity index (χ3n) is 9.77. The number of carbonyl (C=O) groups excluding carboxylic acids is 2. The second kappa shape index (κ2) is 15.8. The van der Waals surface area contributed by atoms with Crippen LogP contribution in [0.4, 0.5) is 5.13 Å². The van der Waals surface area contributed by atoms with E-state index >= 15 is 0 Å². The lowest BCUT2D eigenvalue weighted by molar-refractivity contribution is -0.663. The molecule has 3 aliphatic rings. The number of carbonyl (C=O) groups is 4. The number of thioether (sulfide) groups is 1. The highest BCUT2D eigenvalue weighted by Crippen LogP contribution is 2.40. The predicted molar refractivity (Wildman–Crippen MR) is 210 cm³/mol. The van der Waals surface area contributed by atoms with Crippen molar-refractivity contribution in [2.24, 2.45) is 15.9 Å². The van der Waals surface area contributed by atoms with E-state index in [1.807, 2.05) is 59.4 Å². The van der Waals surface area contributed by atoms with Crippen molar-refractivity contribution >= 4 is 74.6 Å². The number of aliphatic carboxylic acids is 2. The Morgan fingerprint density at radius 3 is 2.64 bits per heavy atom. The number of amides is 2. The number of nitrogens with one attached hydrogen (secondary N) is 2. The summed E-state index contributed by atoms with van der Waals surface area (Å²) in [7, 11) is 0. The van der Waals surface area contributed by atoms with Crippen molar-refractivity contribution in [1.82, 2.24) is 25.1 Å². The summed E-state index contributed by atoms with van der Waals surface area (Å²) in [6.45, 7) is 5.17. The molecule has 0 radical (unpaired) electrons. The number of nitrogens with zero attached hydrogens (tertiary/aromatic N) is 6. The SMILES string of the molecule is CC(C)(O/N=C(\C(=O)N[C@@H]1C(=O)N2C(C(=O)O)=C(C[n+]3cccc4c3ccn4Cc3ccc(C(N)=NC4CCCNC4)cc3)CS[C@H]12)c1csc(N)n1)C(=O)O. The van der Waals surface area contributed by atoms with Crippen LogP contribution >= 0.6 is 23.1 Å². The number of nitrogens with two attached hydrogens (primary N) is 2. The molecular weight excluding hydrogens is 761 g/mol. The van der Waals surface area contributed by atoms with Gasteiger partial charge in [0.1, 0.15) is 34.2 Å². The van der Waals surface area contributed by atoms with Gasteiger partial charge in [0.25, 0.3) is 11.8 Å². The molecule has 2 amide bonds. The highest BCUT2D eigenvalue weighted by molar-refractivity contribution is 8.00. The van der Waals surface area contributed by atoms with Crippen molar-refractivity contribution in [2.75, 3.05) is 24.6 Å². The van der Waals surface area contributed by atoms with E-state index in [0.29, 0.717) is 18.0 Å². The molecule has 7 rings (SSSR count). The topological polar surface area (TPSA) is 244 Å². The summed E-state index contributed by atoms with van der Waals surface area (Å²) in [6, 6.07) is 13.0. The minimum Gasteiger partial charge on any atom is -0.478 e. The summed E-state index contributed by atoms with van der Waals surface area (Å²) in [5.41, 5.74) is 14.1. The minimum atomic E-state index is -1.78. The van der Waals surface area contributed by atoms with Crippen LogP contribution in [-0.2, 0) is 37.1 Å². The Kier molecular flexibility index (Phi) is 10.8. The summed E-state index contributed by atoms with van der Waals surface area (Å²) in [5.74, 6) is -3.25. The van der Waals surface area contributed by atoms with E-state index in [1.54, 1.807) is 0 Å². The average Bonchev–Trinajstić information content (AvgIpc) is 3.80. The van der Waals surface area contributed by atoms with Crippen LogP contribution in [0.5, 0.6) is 0 Å².